The molecule has 0 aromatic carbocycles. The van der Waals surface area contributed by atoms with E-state index in [-0.39, 0.29) is 0 Å². The van der Waals surface area contributed by atoms with Crippen molar-refractivity contribution in [3.63, 3.8) is 0 Å². The van der Waals surface area contributed by atoms with Crippen LogP contribution in [0.1, 0.15) is 0 Å². The molecule has 0 aliphatic heterocycles. The van der Waals surface area contributed by atoms with Crippen LogP contribution in [0.3, 0.4) is 0 Å². The van der Waals surface area contributed by atoms with Crippen LogP contribution in [0.25, 0.3) is 0 Å². The Morgan fingerprint density at radius 3 is 2.00 bits per heavy atom. The van der Waals surface area contributed by atoms with E-state index in [1.165, 1.54) is 22.6 Å². The van der Waals surface area contributed by atoms with E-state index in [0.717, 1.165) is 0 Å². The highest BCUT2D eigenvalue weighted by molar-refractivity contribution is 14.1. The Morgan fingerprint density at radius 2 is 2.00 bits per heavy atom. The van der Waals surface area contributed by atoms with Gasteiger partial charge in [0, 0.05) is 22.6 Å². The number of carbonyl (C=O) groups excluding carboxylic acids is 1. The largest absolute Gasteiger partial charge is 0.280 e. The third-order valence-corrected chi connectivity index (χ3v) is 0.799. The third kappa shape index (κ3) is 2.32. The molecule has 1 nitrogen and oxygen atoms in total. The predicted molar refractivity (Wildman–Crippen MR) is 29.3 cm³/mol. The van der Waals surface area contributed by atoms with Crippen LogP contribution in [-0.2, 0) is 4.79 Å². The van der Waals surface area contributed by atoms with Gasteiger partial charge in [0.05, 0.1) is 0 Å². The summed E-state index contributed by atoms with van der Waals surface area (Å²) in [5.74, 6) is -0.893. The van der Waals surface area contributed by atoms with Crippen molar-refractivity contribution in [3.8, 4) is 0 Å². The van der Waals surface area contributed by atoms with Gasteiger partial charge in [0.15, 0.2) is 5.83 Å². The molecule has 0 bridgehead atoms. The lowest BCUT2D eigenvalue weighted by Crippen LogP contribution is -1.78. The number of rotatable bonds is 1. The van der Waals surface area contributed by atoms with E-state index in [1.807, 2.05) is 0 Å². The van der Waals surface area contributed by atoms with Crippen molar-refractivity contribution in [2.24, 2.45) is 0 Å². The Balaban J connectivity index is 3.57. The zero-order valence-corrected chi connectivity index (χ0v) is 5.03. The molecular formula is C3H2FIO. The van der Waals surface area contributed by atoms with E-state index in [1.54, 1.807) is 0 Å². The van der Waals surface area contributed by atoms with Crippen LogP contribution in [0.4, 0.5) is 4.39 Å². The monoisotopic (exact) mass is 200 g/mol. The fraction of sp³-hybridized carbons (Fsp3) is 0. The number of carbonyl (C=O) groups is 1. The Hall–Kier alpha value is 0.0700. The van der Waals surface area contributed by atoms with Crippen LogP contribution in [0.15, 0.2) is 12.4 Å². The van der Waals surface area contributed by atoms with Crippen LogP contribution < -0.4 is 0 Å². The molecule has 0 saturated carbocycles. The van der Waals surface area contributed by atoms with Gasteiger partial charge in [0.25, 0.3) is 0 Å². The van der Waals surface area contributed by atoms with Gasteiger partial charge >= 0.3 is 0 Å². The Kier molecular flexibility index (Phi) is 2.31. The molecule has 6 heavy (non-hydrogen) atoms. The van der Waals surface area contributed by atoms with Gasteiger partial charge in [0.1, 0.15) is 0 Å². The summed E-state index contributed by atoms with van der Waals surface area (Å²) in [6.07, 6.45) is 0. The zero-order valence-electron chi connectivity index (χ0n) is 2.87. The average molecular weight is 200 g/mol. The normalized spacial score (nSPS) is 7.67. The minimum atomic E-state index is -0.893. The standard InChI is InChI=1S/C3H2FIO/c1-2(4)3(5)6/h1H2. The van der Waals surface area contributed by atoms with Crippen LogP contribution in [0, 0.1) is 0 Å². The Bertz CT molecular complexity index is 76.8. The number of allylic oxidation sites excluding steroid dienone is 1. The molecule has 0 aromatic heterocycles. The lowest BCUT2D eigenvalue weighted by Gasteiger charge is -1.73. The van der Waals surface area contributed by atoms with Crippen LogP contribution in [-0.4, -0.2) is 3.79 Å². The molecule has 0 aliphatic carbocycles. The quantitative estimate of drug-likeness (QED) is 0.355. The summed E-state index contributed by atoms with van der Waals surface area (Å²) < 4.78 is 10.6. The van der Waals surface area contributed by atoms with Gasteiger partial charge in [-0.15, -0.1) is 0 Å². The second kappa shape index (κ2) is 2.28. The minimum Gasteiger partial charge on any atom is -0.280 e. The van der Waals surface area contributed by atoms with Gasteiger partial charge < -0.3 is 0 Å². The van der Waals surface area contributed by atoms with Crippen molar-refractivity contribution in [2.75, 3.05) is 0 Å². The number of hydrogen-bond acceptors (Lipinski definition) is 1. The smallest absolute Gasteiger partial charge is 0.249 e. The van der Waals surface area contributed by atoms with Crippen LogP contribution >= 0.6 is 22.6 Å². The Labute approximate surface area is 48.4 Å². The van der Waals surface area contributed by atoms with Gasteiger partial charge in [-0.05, 0) is 0 Å². The van der Waals surface area contributed by atoms with E-state index >= 15 is 0 Å². The predicted octanol–water partition coefficient (Wildman–Crippen LogP) is 1.43. The highest BCUT2D eigenvalue weighted by Gasteiger charge is 1.94. The van der Waals surface area contributed by atoms with E-state index in [4.69, 9.17) is 0 Å². The van der Waals surface area contributed by atoms with Crippen molar-refractivity contribution in [1.29, 1.82) is 0 Å². The lowest BCUT2D eigenvalue weighted by atomic mass is 10.7. The van der Waals surface area contributed by atoms with Gasteiger partial charge in [-0.3, -0.25) is 4.79 Å². The average Bonchev–Trinajstić information content (AvgIpc) is 1.36. The molecule has 3 heteroatoms. The first-order chi connectivity index (χ1) is 2.64. The summed E-state index contributed by atoms with van der Waals surface area (Å²) in [7, 11) is 0. The second-order valence-corrected chi connectivity index (χ2v) is 1.66. The molecule has 0 radical (unpaired) electrons. The molecule has 0 saturated heterocycles. The summed E-state index contributed by atoms with van der Waals surface area (Å²) >= 11 is 1.32. The topological polar surface area (TPSA) is 17.1 Å². The molecule has 0 aliphatic rings. The lowest BCUT2D eigenvalue weighted by molar-refractivity contribution is -0.107. The van der Waals surface area contributed by atoms with Crippen molar-refractivity contribution in [3.05, 3.63) is 12.4 Å². The van der Waals surface area contributed by atoms with E-state index in [2.05, 4.69) is 6.58 Å². The molecule has 0 N–H and O–H groups in total. The van der Waals surface area contributed by atoms with Crippen molar-refractivity contribution in [1.82, 2.24) is 0 Å². The fourth-order valence-electron chi connectivity index (χ4n) is 0. The highest BCUT2D eigenvalue weighted by Crippen LogP contribution is 1.98. The number of hydrogen-bond donors (Lipinski definition) is 0. The summed E-state index contributed by atoms with van der Waals surface area (Å²) in [6.45, 7) is 2.73. The maximum atomic E-state index is 11.3. The zero-order chi connectivity index (χ0) is 5.15. The molecule has 34 valence electrons. The molecule has 0 fully saturated rings. The van der Waals surface area contributed by atoms with Crippen molar-refractivity contribution < 1.29 is 9.18 Å². The molecular weight excluding hydrogens is 198 g/mol. The summed E-state index contributed by atoms with van der Waals surface area (Å²) in [4.78, 5) is 9.66. The fourth-order valence-corrected chi connectivity index (χ4v) is 0. The first-order valence-corrected chi connectivity index (χ1v) is 2.26. The summed E-state index contributed by atoms with van der Waals surface area (Å²) in [5, 5.41) is 0. The molecule has 0 rings (SSSR count). The van der Waals surface area contributed by atoms with Crippen LogP contribution in [0.5, 0.6) is 0 Å². The highest BCUT2D eigenvalue weighted by atomic mass is 127. The van der Waals surface area contributed by atoms with Crippen LogP contribution in [0.2, 0.25) is 0 Å². The molecule has 0 heterocycles. The summed E-state index contributed by atoms with van der Waals surface area (Å²) in [5.41, 5.74) is 0. The molecule has 0 spiro atoms. The van der Waals surface area contributed by atoms with Gasteiger partial charge in [-0.2, -0.15) is 0 Å². The number of halogens is 2. The van der Waals surface area contributed by atoms with Crippen molar-refractivity contribution in [2.45, 2.75) is 0 Å². The van der Waals surface area contributed by atoms with E-state index in [0.29, 0.717) is 0 Å². The molecule has 0 unspecified atom stereocenters. The van der Waals surface area contributed by atoms with E-state index in [9.17, 15) is 9.18 Å². The first-order valence-electron chi connectivity index (χ1n) is 1.19. The summed E-state index contributed by atoms with van der Waals surface area (Å²) in [6, 6.07) is 0. The molecule has 0 amide bonds. The first kappa shape index (κ1) is 6.07. The van der Waals surface area contributed by atoms with E-state index < -0.39 is 9.62 Å². The third-order valence-electron chi connectivity index (χ3n) is 0.213. The van der Waals surface area contributed by atoms with Gasteiger partial charge in [-0.1, -0.05) is 6.58 Å². The van der Waals surface area contributed by atoms with Crippen molar-refractivity contribution >= 4 is 26.4 Å². The maximum absolute atomic E-state index is 11.3. The minimum absolute atomic E-state index is 0.632. The van der Waals surface area contributed by atoms with Gasteiger partial charge in [-0.25, -0.2) is 4.39 Å². The van der Waals surface area contributed by atoms with Gasteiger partial charge in [0.2, 0.25) is 3.79 Å². The Morgan fingerprint density at radius 1 is 1.83 bits per heavy atom. The second-order valence-electron chi connectivity index (χ2n) is 0.679. The molecule has 0 atom stereocenters. The SMILES string of the molecule is C=C(F)C(=O)I. The molecule has 0 aromatic rings. The maximum Gasteiger partial charge on any atom is 0.249 e.